The molecule has 5 heteroatoms. The number of benzene rings is 1. The average Bonchev–Trinajstić information content (AvgIpc) is 2.08. The Bertz CT molecular complexity index is 377. The highest BCUT2D eigenvalue weighted by Gasteiger charge is 2.19. The molecule has 4 nitrogen and oxygen atoms in total. The van der Waals surface area contributed by atoms with Crippen molar-refractivity contribution >= 4 is 5.97 Å². The van der Waals surface area contributed by atoms with E-state index in [0.29, 0.717) is 0 Å². The van der Waals surface area contributed by atoms with Crippen molar-refractivity contribution < 1.29 is 19.4 Å². The normalized spacial score (nSPS) is 12.5. The summed E-state index contributed by atoms with van der Waals surface area (Å²) in [4.78, 5) is 10.7. The molecule has 0 radical (unpaired) electrons. The minimum atomic E-state index is -1.24. The summed E-state index contributed by atoms with van der Waals surface area (Å²) in [7, 11) is 0. The molecule has 0 saturated carbocycles. The number of phenolic OH excluding ortho intramolecular Hbond substituents is 1. The van der Waals surface area contributed by atoms with E-state index in [1.807, 2.05) is 0 Å². The molecule has 0 bridgehead atoms. The van der Waals surface area contributed by atoms with Gasteiger partial charge in [0, 0.05) is 11.6 Å². The zero-order valence-corrected chi connectivity index (χ0v) is 7.49. The standard InChI is InChI=1S/C9H10FNO3/c1-4(11)7-5(9(13)14)2-3-6(10)8(7)12/h2-4,12H,11H2,1H3,(H,13,14)/t4-/m1/s1. The van der Waals surface area contributed by atoms with Crippen molar-refractivity contribution in [2.24, 2.45) is 5.73 Å². The minimum Gasteiger partial charge on any atom is -0.505 e. The number of carbonyl (C=O) groups is 1. The van der Waals surface area contributed by atoms with Crippen LogP contribution in [0.15, 0.2) is 12.1 Å². The van der Waals surface area contributed by atoms with Crippen molar-refractivity contribution in [1.29, 1.82) is 0 Å². The predicted octanol–water partition coefficient (Wildman–Crippen LogP) is 1.25. The van der Waals surface area contributed by atoms with Crippen LogP contribution in [0.5, 0.6) is 5.75 Å². The molecule has 0 aromatic heterocycles. The Labute approximate surface area is 79.8 Å². The lowest BCUT2D eigenvalue weighted by atomic mass is 10.0. The molecular weight excluding hydrogens is 189 g/mol. The van der Waals surface area contributed by atoms with Gasteiger partial charge in [0.15, 0.2) is 11.6 Å². The van der Waals surface area contributed by atoms with Gasteiger partial charge in [-0.05, 0) is 19.1 Å². The van der Waals surface area contributed by atoms with Crippen molar-refractivity contribution in [3.05, 3.63) is 29.1 Å². The second-order valence-electron chi connectivity index (χ2n) is 2.95. The van der Waals surface area contributed by atoms with Crippen LogP contribution in [-0.4, -0.2) is 16.2 Å². The van der Waals surface area contributed by atoms with Crippen LogP contribution in [0.3, 0.4) is 0 Å². The number of carboxylic acid groups (broad SMARTS) is 1. The maximum atomic E-state index is 12.9. The molecule has 14 heavy (non-hydrogen) atoms. The second kappa shape index (κ2) is 3.63. The molecule has 1 aromatic rings. The molecule has 76 valence electrons. The van der Waals surface area contributed by atoms with E-state index in [0.717, 1.165) is 12.1 Å². The average molecular weight is 199 g/mol. The first kappa shape index (κ1) is 10.5. The van der Waals surface area contributed by atoms with Gasteiger partial charge in [-0.3, -0.25) is 0 Å². The zero-order valence-electron chi connectivity index (χ0n) is 7.49. The maximum Gasteiger partial charge on any atom is 0.336 e. The van der Waals surface area contributed by atoms with E-state index in [-0.39, 0.29) is 11.1 Å². The summed E-state index contributed by atoms with van der Waals surface area (Å²) in [5.74, 6) is -2.81. The SMILES string of the molecule is C[C@@H](N)c1c(C(=O)O)ccc(F)c1O. The Hall–Kier alpha value is -1.62. The highest BCUT2D eigenvalue weighted by atomic mass is 19.1. The fraction of sp³-hybridized carbons (Fsp3) is 0.222. The van der Waals surface area contributed by atoms with Crippen molar-refractivity contribution in [2.75, 3.05) is 0 Å². The van der Waals surface area contributed by atoms with Crippen LogP contribution in [0.2, 0.25) is 0 Å². The number of aromatic carboxylic acids is 1. The van der Waals surface area contributed by atoms with Crippen molar-refractivity contribution in [3.63, 3.8) is 0 Å². The van der Waals surface area contributed by atoms with Crippen molar-refractivity contribution in [3.8, 4) is 5.75 Å². The fourth-order valence-corrected chi connectivity index (χ4v) is 1.23. The van der Waals surface area contributed by atoms with Gasteiger partial charge in [0.05, 0.1) is 5.56 Å². The van der Waals surface area contributed by atoms with E-state index in [1.54, 1.807) is 0 Å². The Balaban J connectivity index is 3.45. The highest BCUT2D eigenvalue weighted by Crippen LogP contribution is 2.29. The van der Waals surface area contributed by atoms with E-state index in [2.05, 4.69) is 0 Å². The molecule has 0 heterocycles. The lowest BCUT2D eigenvalue weighted by Gasteiger charge is -2.12. The second-order valence-corrected chi connectivity index (χ2v) is 2.95. The molecule has 0 unspecified atom stereocenters. The number of phenols is 1. The van der Waals surface area contributed by atoms with Gasteiger partial charge in [-0.1, -0.05) is 0 Å². The first-order valence-electron chi connectivity index (χ1n) is 3.95. The van der Waals surface area contributed by atoms with Gasteiger partial charge in [-0.25, -0.2) is 9.18 Å². The smallest absolute Gasteiger partial charge is 0.336 e. The number of rotatable bonds is 2. The van der Waals surface area contributed by atoms with E-state index in [4.69, 9.17) is 10.8 Å². The summed E-state index contributed by atoms with van der Waals surface area (Å²) in [6.07, 6.45) is 0. The number of halogens is 1. The molecule has 0 saturated heterocycles. The van der Waals surface area contributed by atoms with E-state index >= 15 is 0 Å². The summed E-state index contributed by atoms with van der Waals surface area (Å²) >= 11 is 0. The van der Waals surface area contributed by atoms with Crippen LogP contribution in [0.4, 0.5) is 4.39 Å². The Morgan fingerprint density at radius 2 is 2.14 bits per heavy atom. The molecule has 0 amide bonds. The topological polar surface area (TPSA) is 83.6 Å². The third-order valence-electron chi connectivity index (χ3n) is 1.85. The molecule has 1 atom stereocenters. The molecule has 0 aliphatic heterocycles. The number of carboxylic acids is 1. The molecule has 1 rings (SSSR count). The number of nitrogens with two attached hydrogens (primary N) is 1. The van der Waals surface area contributed by atoms with Crippen molar-refractivity contribution in [2.45, 2.75) is 13.0 Å². The van der Waals surface area contributed by atoms with Crippen LogP contribution < -0.4 is 5.73 Å². The lowest BCUT2D eigenvalue weighted by Crippen LogP contribution is -2.12. The molecule has 0 aliphatic rings. The van der Waals surface area contributed by atoms with Gasteiger partial charge in [0.2, 0.25) is 0 Å². The summed E-state index contributed by atoms with van der Waals surface area (Å²) in [5, 5.41) is 18.0. The molecule has 0 fully saturated rings. The summed E-state index contributed by atoms with van der Waals surface area (Å²) in [6, 6.07) is 1.23. The van der Waals surface area contributed by atoms with Gasteiger partial charge in [-0.2, -0.15) is 0 Å². The summed E-state index contributed by atoms with van der Waals surface area (Å²) in [6.45, 7) is 1.47. The first-order valence-corrected chi connectivity index (χ1v) is 3.95. The van der Waals surface area contributed by atoms with Gasteiger partial charge >= 0.3 is 5.97 Å². The van der Waals surface area contributed by atoms with E-state index < -0.39 is 23.6 Å². The van der Waals surface area contributed by atoms with E-state index in [9.17, 15) is 14.3 Å². The minimum absolute atomic E-state index is 0.0856. The molecule has 0 spiro atoms. The maximum absolute atomic E-state index is 12.9. The summed E-state index contributed by atoms with van der Waals surface area (Å²) in [5.41, 5.74) is 5.16. The molecular formula is C9H10FNO3. The van der Waals surface area contributed by atoms with Crippen molar-refractivity contribution in [1.82, 2.24) is 0 Å². The van der Waals surface area contributed by atoms with E-state index in [1.165, 1.54) is 6.92 Å². The van der Waals surface area contributed by atoms with Gasteiger partial charge in [-0.15, -0.1) is 0 Å². The monoisotopic (exact) mass is 199 g/mol. The van der Waals surface area contributed by atoms with Gasteiger partial charge in [0.25, 0.3) is 0 Å². The number of hydrogen-bond donors (Lipinski definition) is 3. The molecule has 1 aromatic carbocycles. The molecule has 0 aliphatic carbocycles. The first-order chi connectivity index (χ1) is 6.45. The third kappa shape index (κ3) is 1.67. The Morgan fingerprint density at radius 3 is 2.57 bits per heavy atom. The Kier molecular flexibility index (Phi) is 2.71. The summed E-state index contributed by atoms with van der Waals surface area (Å²) < 4.78 is 12.9. The number of hydrogen-bond acceptors (Lipinski definition) is 3. The quantitative estimate of drug-likeness (QED) is 0.669. The van der Waals surface area contributed by atoms with Gasteiger partial charge in [0.1, 0.15) is 0 Å². The highest BCUT2D eigenvalue weighted by molar-refractivity contribution is 5.90. The van der Waals surface area contributed by atoms with Crippen LogP contribution in [-0.2, 0) is 0 Å². The van der Waals surface area contributed by atoms with Crippen LogP contribution >= 0.6 is 0 Å². The molecule has 4 N–H and O–H groups in total. The lowest BCUT2D eigenvalue weighted by molar-refractivity contribution is 0.0694. The predicted molar refractivity (Wildman–Crippen MR) is 47.6 cm³/mol. The van der Waals surface area contributed by atoms with Crippen LogP contribution in [0.25, 0.3) is 0 Å². The Morgan fingerprint density at radius 1 is 1.57 bits per heavy atom. The van der Waals surface area contributed by atoms with Gasteiger partial charge < -0.3 is 15.9 Å². The fourth-order valence-electron chi connectivity index (χ4n) is 1.23. The largest absolute Gasteiger partial charge is 0.505 e. The zero-order chi connectivity index (χ0) is 10.9. The number of aromatic hydroxyl groups is 1. The van der Waals surface area contributed by atoms with Crippen LogP contribution in [0, 0.1) is 5.82 Å². The van der Waals surface area contributed by atoms with Crippen LogP contribution in [0.1, 0.15) is 28.9 Å². The third-order valence-corrected chi connectivity index (χ3v) is 1.85.